The molecule has 0 atom stereocenters. The molecule has 0 spiro atoms. The molecule has 0 saturated heterocycles. The van der Waals surface area contributed by atoms with E-state index in [1.165, 1.54) is 29.5 Å². The van der Waals surface area contributed by atoms with Gasteiger partial charge in [0, 0.05) is 53.5 Å². The van der Waals surface area contributed by atoms with Crippen molar-refractivity contribution in [2.45, 2.75) is 30.6 Å². The summed E-state index contributed by atoms with van der Waals surface area (Å²) in [5.41, 5.74) is 4.27. The maximum atomic E-state index is 15.2. The van der Waals surface area contributed by atoms with Crippen LogP contribution in [0.4, 0.5) is 8.78 Å². The number of nitrogens with two attached hydrogens (primary N) is 1. The third-order valence-electron chi connectivity index (χ3n) is 6.82. The summed E-state index contributed by atoms with van der Waals surface area (Å²) in [6, 6.07) is 8.51. The summed E-state index contributed by atoms with van der Waals surface area (Å²) >= 11 is 1.41. The third kappa shape index (κ3) is 5.14. The van der Waals surface area contributed by atoms with Gasteiger partial charge in [0.25, 0.3) is 0 Å². The van der Waals surface area contributed by atoms with E-state index in [9.17, 15) is 12.8 Å². The fourth-order valence-corrected chi connectivity index (χ4v) is 5.81. The molecule has 1 aliphatic rings. The van der Waals surface area contributed by atoms with E-state index in [-0.39, 0.29) is 11.3 Å². The number of thiazole rings is 1. The highest BCUT2D eigenvalue weighted by Gasteiger charge is 2.29. The van der Waals surface area contributed by atoms with Crippen LogP contribution >= 0.6 is 11.3 Å². The smallest absolute Gasteiger partial charge is 0.238 e. The Labute approximate surface area is 227 Å². The lowest BCUT2D eigenvalue weighted by Gasteiger charge is -2.12. The van der Waals surface area contributed by atoms with Crippen molar-refractivity contribution in [3.05, 3.63) is 88.8 Å². The van der Waals surface area contributed by atoms with Crippen molar-refractivity contribution in [3.8, 4) is 27.5 Å². The van der Waals surface area contributed by atoms with Crippen LogP contribution in [0.2, 0.25) is 0 Å². The van der Waals surface area contributed by atoms with Gasteiger partial charge in [-0.25, -0.2) is 32.0 Å². The number of sulfonamides is 1. The van der Waals surface area contributed by atoms with Gasteiger partial charge < -0.3 is 0 Å². The number of primary sulfonamides is 1. The van der Waals surface area contributed by atoms with Gasteiger partial charge in [0.2, 0.25) is 15.2 Å². The monoisotopic (exact) mass is 566 g/mol. The summed E-state index contributed by atoms with van der Waals surface area (Å²) < 4.78 is 57.0. The minimum atomic E-state index is -4.05. The molecule has 1 aliphatic carbocycles. The van der Waals surface area contributed by atoms with Crippen LogP contribution in [-0.4, -0.2) is 33.0 Å². The van der Waals surface area contributed by atoms with E-state index in [1.807, 2.05) is 5.38 Å². The number of hydrogen-bond donors (Lipinski definition) is 1. The average molecular weight is 567 g/mol. The molecule has 2 N–H and O–H groups in total. The summed E-state index contributed by atoms with van der Waals surface area (Å²) in [4.78, 5) is 4.17. The molecule has 0 bridgehead atoms. The highest BCUT2D eigenvalue weighted by atomic mass is 32.2. The first-order valence-corrected chi connectivity index (χ1v) is 14.7. The van der Waals surface area contributed by atoms with Gasteiger partial charge in [-0.15, -0.1) is 11.3 Å². The van der Waals surface area contributed by atoms with Gasteiger partial charge >= 0.3 is 0 Å². The highest BCUT2D eigenvalue weighted by Crippen LogP contribution is 2.39. The second-order valence-corrected chi connectivity index (χ2v) is 12.2. The number of aromatic nitrogens is 5. The molecule has 8 nitrogen and oxygen atoms in total. The maximum absolute atomic E-state index is 15.2. The molecule has 200 valence electrons. The van der Waals surface area contributed by atoms with Gasteiger partial charge in [-0.1, -0.05) is 6.07 Å². The van der Waals surface area contributed by atoms with Crippen LogP contribution < -0.4 is 5.14 Å². The van der Waals surface area contributed by atoms with Crippen molar-refractivity contribution < 1.29 is 17.2 Å². The van der Waals surface area contributed by atoms with E-state index in [2.05, 4.69) is 10.1 Å². The van der Waals surface area contributed by atoms with Gasteiger partial charge in [-0.2, -0.15) is 10.2 Å². The van der Waals surface area contributed by atoms with E-state index in [0.717, 1.165) is 30.2 Å². The zero-order chi connectivity index (χ0) is 27.3. The Bertz CT molecular complexity index is 1790. The van der Waals surface area contributed by atoms with Crippen molar-refractivity contribution >= 4 is 21.4 Å². The summed E-state index contributed by atoms with van der Waals surface area (Å²) in [5.74, 6) is -0.580. The van der Waals surface area contributed by atoms with Crippen molar-refractivity contribution in [2.75, 3.05) is 0 Å². The Kier molecular flexibility index (Phi) is 6.40. The van der Waals surface area contributed by atoms with Crippen molar-refractivity contribution in [2.24, 2.45) is 18.1 Å². The zero-order valence-corrected chi connectivity index (χ0v) is 22.5. The second-order valence-electron chi connectivity index (χ2n) is 9.72. The number of aryl methyl sites for hydroxylation is 1. The minimum absolute atomic E-state index is 0.152. The molecule has 0 aliphatic heterocycles. The first kappa shape index (κ1) is 25.5. The average Bonchev–Trinajstić information content (AvgIpc) is 3.24. The third-order valence-corrected chi connectivity index (χ3v) is 8.48. The van der Waals surface area contributed by atoms with Gasteiger partial charge in [-0.05, 0) is 61.1 Å². The van der Waals surface area contributed by atoms with Crippen LogP contribution in [0, 0.1) is 17.6 Å². The molecule has 39 heavy (non-hydrogen) atoms. The van der Waals surface area contributed by atoms with E-state index in [4.69, 9.17) is 10.2 Å². The van der Waals surface area contributed by atoms with Gasteiger partial charge in [0.05, 0.1) is 22.5 Å². The second kappa shape index (κ2) is 9.78. The lowest BCUT2D eigenvalue weighted by Crippen LogP contribution is -2.12. The van der Waals surface area contributed by atoms with Gasteiger partial charge in [0.1, 0.15) is 11.6 Å². The number of hydrogen-bond acceptors (Lipinski definition) is 6. The molecule has 1 fully saturated rings. The largest absolute Gasteiger partial charge is 0.275 e. The summed E-state index contributed by atoms with van der Waals surface area (Å²) in [5, 5.41) is 16.8. The first-order chi connectivity index (χ1) is 18.7. The number of nitrogens with zero attached hydrogens (tertiary/aromatic N) is 5. The number of benzene rings is 2. The maximum Gasteiger partial charge on any atom is 0.238 e. The molecule has 3 heterocycles. The molecule has 1 saturated carbocycles. The summed E-state index contributed by atoms with van der Waals surface area (Å²) in [6.45, 7) is 0. The Morgan fingerprint density at radius 3 is 2.56 bits per heavy atom. The topological polar surface area (TPSA) is 109 Å². The van der Waals surface area contributed by atoms with Crippen LogP contribution in [0.5, 0.6) is 0 Å². The first-order valence-electron chi connectivity index (χ1n) is 12.3. The minimum Gasteiger partial charge on any atom is -0.275 e. The Morgan fingerprint density at radius 2 is 1.92 bits per heavy atom. The number of halogens is 2. The molecule has 3 aromatic heterocycles. The highest BCUT2D eigenvalue weighted by molar-refractivity contribution is 7.89. The van der Waals surface area contributed by atoms with Crippen LogP contribution in [0.25, 0.3) is 27.5 Å². The Morgan fingerprint density at radius 1 is 1.10 bits per heavy atom. The lowest BCUT2D eigenvalue weighted by molar-refractivity contribution is 0.589. The normalized spacial score (nSPS) is 13.7. The molecule has 0 radical (unpaired) electrons. The fraction of sp³-hybridized carbons (Fsp3) is 0.222. The Hall–Kier alpha value is -3.74. The molecule has 2 aromatic carbocycles. The molecular formula is C27H24F2N6O2S2. The quantitative estimate of drug-likeness (QED) is 0.288. The number of rotatable bonds is 8. The predicted molar refractivity (Wildman–Crippen MR) is 144 cm³/mol. The van der Waals surface area contributed by atoms with Crippen molar-refractivity contribution in [1.82, 2.24) is 24.5 Å². The van der Waals surface area contributed by atoms with Crippen molar-refractivity contribution in [1.29, 1.82) is 0 Å². The van der Waals surface area contributed by atoms with Gasteiger partial charge in [0.15, 0.2) is 0 Å². The summed E-state index contributed by atoms with van der Waals surface area (Å²) in [6.07, 6.45) is 8.08. The fourth-order valence-electron chi connectivity index (χ4n) is 4.69. The van der Waals surface area contributed by atoms with Crippen LogP contribution in [-0.2, 0) is 29.9 Å². The molecule has 5 aromatic rings. The standard InChI is InChI=1S/C27H24F2N6O2S2/c1-34-15-19(14-32-34)21-12-18(5-7-23(21)28)26-22(11-17-4-6-20(13-24(17)29)39(30,36)37)25(10-16-2-3-16)33-35(26)27-31-8-9-38-27/h4-9,12-16H,2-3,10-11H2,1H3,(H2,30,36,37). The van der Waals surface area contributed by atoms with E-state index in [0.29, 0.717) is 45.4 Å². The van der Waals surface area contributed by atoms with Crippen LogP contribution in [0.1, 0.15) is 29.7 Å². The van der Waals surface area contributed by atoms with E-state index in [1.54, 1.807) is 47.1 Å². The predicted octanol–water partition coefficient (Wildman–Crippen LogP) is 4.87. The van der Waals surface area contributed by atoms with Crippen LogP contribution in [0.3, 0.4) is 0 Å². The van der Waals surface area contributed by atoms with Crippen LogP contribution in [0.15, 0.2) is 65.3 Å². The Balaban J connectivity index is 1.54. The molecule has 6 rings (SSSR count). The molecular weight excluding hydrogens is 542 g/mol. The van der Waals surface area contributed by atoms with Gasteiger partial charge in [-0.3, -0.25) is 4.68 Å². The molecule has 12 heteroatoms. The SMILES string of the molecule is Cn1cc(-c2cc(-c3c(Cc4ccc(S(N)(=O)=O)cc4F)c(CC4CC4)nn3-c3nccs3)ccc2F)cn1. The van der Waals surface area contributed by atoms with Crippen molar-refractivity contribution in [3.63, 3.8) is 0 Å². The zero-order valence-electron chi connectivity index (χ0n) is 20.9. The van der Waals surface area contributed by atoms with E-state index < -0.39 is 21.7 Å². The van der Waals surface area contributed by atoms with E-state index >= 15 is 4.39 Å². The lowest BCUT2D eigenvalue weighted by atomic mass is 9.95. The molecule has 0 unspecified atom stereocenters. The summed E-state index contributed by atoms with van der Waals surface area (Å²) in [7, 11) is -2.28. The molecule has 0 amide bonds.